The zero-order chi connectivity index (χ0) is 18.3. The molecule has 8 heteroatoms. The molecule has 136 valence electrons. The lowest BCUT2D eigenvalue weighted by Crippen LogP contribution is -2.40. The molecule has 2 amide bonds. The van der Waals surface area contributed by atoms with Gasteiger partial charge in [-0.15, -0.1) is 11.8 Å². The Hall–Kier alpha value is -1.54. The van der Waals surface area contributed by atoms with E-state index in [1.165, 1.54) is 11.8 Å². The maximum atomic E-state index is 12.0. The van der Waals surface area contributed by atoms with Gasteiger partial charge >= 0.3 is 0 Å². The highest BCUT2D eigenvalue weighted by Crippen LogP contribution is 2.16. The molecule has 0 aromatic carbocycles. The summed E-state index contributed by atoms with van der Waals surface area (Å²) in [6, 6.07) is 1.65. The first-order valence-electron chi connectivity index (χ1n) is 7.86. The molecule has 7 nitrogen and oxygen atoms in total. The summed E-state index contributed by atoms with van der Waals surface area (Å²) < 4.78 is 4.90. The first kappa shape index (κ1) is 20.5. The van der Waals surface area contributed by atoms with Gasteiger partial charge in [0.25, 0.3) is 0 Å². The van der Waals surface area contributed by atoms with Crippen LogP contribution in [0, 0.1) is 12.3 Å². The third kappa shape index (κ3) is 7.83. The first-order chi connectivity index (χ1) is 11.1. The first-order valence-corrected chi connectivity index (χ1v) is 8.91. The van der Waals surface area contributed by atoms with Crippen molar-refractivity contribution in [1.29, 1.82) is 0 Å². The minimum Gasteiger partial charge on any atom is -0.360 e. The van der Waals surface area contributed by atoms with E-state index in [9.17, 15) is 9.59 Å². The molecule has 0 aliphatic carbocycles. The van der Waals surface area contributed by atoms with Crippen molar-refractivity contribution in [3.05, 3.63) is 11.8 Å². The van der Waals surface area contributed by atoms with Crippen LogP contribution in [-0.4, -0.2) is 60.1 Å². The van der Waals surface area contributed by atoms with Gasteiger partial charge in [0.1, 0.15) is 5.76 Å². The lowest BCUT2D eigenvalue weighted by Gasteiger charge is -2.28. The molecule has 0 spiro atoms. The summed E-state index contributed by atoms with van der Waals surface area (Å²) >= 11 is 1.29. The Morgan fingerprint density at radius 1 is 1.42 bits per heavy atom. The van der Waals surface area contributed by atoms with Gasteiger partial charge in [-0.05, 0) is 33.4 Å². The molecular formula is C16H28N4O3S. The van der Waals surface area contributed by atoms with Crippen molar-refractivity contribution < 1.29 is 14.1 Å². The normalized spacial score (nSPS) is 13.0. The Morgan fingerprint density at radius 2 is 2.08 bits per heavy atom. The molecule has 2 N–H and O–H groups in total. The predicted molar refractivity (Wildman–Crippen MR) is 97.1 cm³/mol. The molecule has 1 heterocycles. The molecule has 1 aromatic heterocycles. The van der Waals surface area contributed by atoms with Gasteiger partial charge in [-0.3, -0.25) is 9.59 Å². The number of nitrogens with zero attached hydrogens (tertiary/aromatic N) is 2. The van der Waals surface area contributed by atoms with Crippen LogP contribution in [0.2, 0.25) is 0 Å². The topological polar surface area (TPSA) is 87.5 Å². The van der Waals surface area contributed by atoms with E-state index >= 15 is 0 Å². The number of thioether (sulfide) groups is 1. The van der Waals surface area contributed by atoms with Crippen LogP contribution < -0.4 is 10.6 Å². The number of aryl methyl sites for hydroxylation is 1. The van der Waals surface area contributed by atoms with Crippen LogP contribution in [0.15, 0.2) is 10.6 Å². The van der Waals surface area contributed by atoms with Crippen molar-refractivity contribution in [3.8, 4) is 0 Å². The standard InChI is InChI=1S/C16H28N4O3S/c1-11-7-13(19-23-11)18-15(22)12(2)24-8-14(21)17-9-16(3,4)10-20(5)6/h7,12H,8-10H2,1-6H3,(H,17,21)(H,18,19,22). The average molecular weight is 356 g/mol. The van der Waals surface area contributed by atoms with Crippen LogP contribution in [0.5, 0.6) is 0 Å². The van der Waals surface area contributed by atoms with Crippen molar-refractivity contribution in [2.75, 3.05) is 38.3 Å². The minimum atomic E-state index is -0.359. The molecule has 0 saturated carbocycles. The van der Waals surface area contributed by atoms with Crippen molar-refractivity contribution in [2.24, 2.45) is 5.41 Å². The third-order valence-electron chi connectivity index (χ3n) is 3.22. The second kappa shape index (κ2) is 9.08. The van der Waals surface area contributed by atoms with Crippen molar-refractivity contribution in [3.63, 3.8) is 0 Å². The Morgan fingerprint density at radius 3 is 2.62 bits per heavy atom. The second-order valence-corrected chi connectivity index (χ2v) is 8.27. The SMILES string of the molecule is Cc1cc(NC(=O)C(C)SCC(=O)NCC(C)(C)CN(C)C)no1. The third-order valence-corrected chi connectivity index (χ3v) is 4.36. The van der Waals surface area contributed by atoms with Crippen molar-refractivity contribution in [2.45, 2.75) is 32.9 Å². The number of hydrogen-bond donors (Lipinski definition) is 2. The van der Waals surface area contributed by atoms with Gasteiger partial charge in [0.15, 0.2) is 5.82 Å². The lowest BCUT2D eigenvalue weighted by molar-refractivity contribution is -0.119. The van der Waals surface area contributed by atoms with Crippen LogP contribution in [0.3, 0.4) is 0 Å². The molecule has 24 heavy (non-hydrogen) atoms. The molecular weight excluding hydrogens is 328 g/mol. The van der Waals surface area contributed by atoms with Gasteiger partial charge in [0.05, 0.1) is 11.0 Å². The fraction of sp³-hybridized carbons (Fsp3) is 0.688. The zero-order valence-electron chi connectivity index (χ0n) is 15.3. The van der Waals surface area contributed by atoms with Crippen LogP contribution in [-0.2, 0) is 9.59 Å². The van der Waals surface area contributed by atoms with Gasteiger partial charge in [0.2, 0.25) is 11.8 Å². The van der Waals surface area contributed by atoms with Gasteiger partial charge in [-0.25, -0.2) is 0 Å². The average Bonchev–Trinajstić information content (AvgIpc) is 2.86. The molecule has 1 rings (SSSR count). The van der Waals surface area contributed by atoms with Crippen LogP contribution in [0.25, 0.3) is 0 Å². The minimum absolute atomic E-state index is 0.00235. The molecule has 0 aliphatic rings. The second-order valence-electron chi connectivity index (χ2n) is 6.94. The van der Waals surface area contributed by atoms with E-state index in [1.54, 1.807) is 19.9 Å². The number of nitrogens with one attached hydrogen (secondary N) is 2. The van der Waals surface area contributed by atoms with Crippen LogP contribution in [0.1, 0.15) is 26.5 Å². The lowest BCUT2D eigenvalue weighted by atomic mass is 9.93. The zero-order valence-corrected chi connectivity index (χ0v) is 16.1. The van der Waals surface area contributed by atoms with Crippen molar-refractivity contribution >= 4 is 29.4 Å². The summed E-state index contributed by atoms with van der Waals surface area (Å²) in [5.74, 6) is 0.993. The fourth-order valence-electron chi connectivity index (χ4n) is 2.23. The highest BCUT2D eigenvalue weighted by Gasteiger charge is 2.21. The number of amides is 2. The monoisotopic (exact) mass is 356 g/mol. The molecule has 0 fully saturated rings. The maximum Gasteiger partial charge on any atom is 0.238 e. The Labute approximate surface area is 147 Å². The Kier molecular flexibility index (Phi) is 7.75. The summed E-state index contributed by atoms with van der Waals surface area (Å²) in [5.41, 5.74) is -0.00235. The molecule has 0 bridgehead atoms. The van der Waals surface area contributed by atoms with Gasteiger partial charge < -0.3 is 20.1 Å². The summed E-state index contributed by atoms with van der Waals surface area (Å²) in [4.78, 5) is 26.1. The molecule has 1 unspecified atom stereocenters. The van der Waals surface area contributed by atoms with E-state index in [2.05, 4.69) is 34.5 Å². The highest BCUT2D eigenvalue weighted by atomic mass is 32.2. The van der Waals surface area contributed by atoms with Gasteiger partial charge in [-0.2, -0.15) is 0 Å². The summed E-state index contributed by atoms with van der Waals surface area (Å²) in [5, 5.41) is 8.95. The fourth-order valence-corrected chi connectivity index (χ4v) is 2.94. The molecule has 0 radical (unpaired) electrons. The number of carbonyl (C=O) groups is 2. The summed E-state index contributed by atoms with van der Waals surface area (Å²) in [6.45, 7) is 9.21. The highest BCUT2D eigenvalue weighted by molar-refractivity contribution is 8.01. The van der Waals surface area contributed by atoms with Crippen LogP contribution >= 0.6 is 11.8 Å². The van der Waals surface area contributed by atoms with Gasteiger partial charge in [0, 0.05) is 19.2 Å². The van der Waals surface area contributed by atoms with E-state index in [1.807, 2.05) is 14.1 Å². The maximum absolute atomic E-state index is 12.0. The van der Waals surface area contributed by atoms with Crippen LogP contribution in [0.4, 0.5) is 5.82 Å². The number of rotatable bonds is 9. The molecule has 0 aliphatic heterocycles. The van der Waals surface area contributed by atoms with Crippen molar-refractivity contribution in [1.82, 2.24) is 15.4 Å². The Balaban J connectivity index is 2.31. The van der Waals surface area contributed by atoms with Gasteiger partial charge in [-0.1, -0.05) is 19.0 Å². The smallest absolute Gasteiger partial charge is 0.238 e. The molecule has 0 saturated heterocycles. The van der Waals surface area contributed by atoms with E-state index in [0.29, 0.717) is 18.1 Å². The number of hydrogen-bond acceptors (Lipinski definition) is 6. The predicted octanol–water partition coefficient (Wildman–Crippen LogP) is 1.75. The summed E-state index contributed by atoms with van der Waals surface area (Å²) in [6.07, 6.45) is 0. The quantitative estimate of drug-likeness (QED) is 0.701. The molecule has 1 atom stereocenters. The summed E-state index contributed by atoms with van der Waals surface area (Å²) in [7, 11) is 4.02. The number of anilines is 1. The number of carbonyl (C=O) groups excluding carboxylic acids is 2. The largest absolute Gasteiger partial charge is 0.360 e. The van der Waals surface area contributed by atoms with E-state index < -0.39 is 0 Å². The molecule has 1 aromatic rings. The number of aromatic nitrogens is 1. The van der Waals surface area contributed by atoms with E-state index in [-0.39, 0.29) is 28.2 Å². The Bertz CT molecular complexity index is 557. The van der Waals surface area contributed by atoms with E-state index in [4.69, 9.17) is 4.52 Å². The van der Waals surface area contributed by atoms with E-state index in [0.717, 1.165) is 6.54 Å².